The van der Waals surface area contributed by atoms with Gasteiger partial charge < -0.3 is 9.80 Å². The molecule has 5 rings (SSSR count). The van der Waals surface area contributed by atoms with Crippen molar-refractivity contribution in [2.24, 2.45) is 0 Å². The van der Waals surface area contributed by atoms with Crippen LogP contribution in [0.3, 0.4) is 0 Å². The molecule has 2 aromatic heterocycles. The number of anilines is 2. The minimum absolute atomic E-state index is 0. The van der Waals surface area contributed by atoms with E-state index >= 15 is 0 Å². The van der Waals surface area contributed by atoms with E-state index in [2.05, 4.69) is 61.9 Å². The second-order valence-corrected chi connectivity index (χ2v) is 8.80. The maximum absolute atomic E-state index is 12.9. The number of rotatable bonds is 6. The van der Waals surface area contributed by atoms with E-state index in [1.165, 1.54) is 11.4 Å². The van der Waals surface area contributed by atoms with Crippen LogP contribution >= 0.6 is 23.7 Å². The van der Waals surface area contributed by atoms with Crippen molar-refractivity contribution in [3.63, 3.8) is 0 Å². The normalized spacial score (nSPS) is 14.9. The first-order valence-electron chi connectivity index (χ1n) is 10.8. The summed E-state index contributed by atoms with van der Waals surface area (Å²) in [4.78, 5) is 22.3. The number of likely N-dealkylation sites (tertiary alicyclic amines) is 1. The molecule has 0 spiro atoms. The number of hydrogen-bond acceptors (Lipinski definition) is 5. The van der Waals surface area contributed by atoms with Gasteiger partial charge >= 0.3 is 0 Å². The van der Waals surface area contributed by atoms with Crippen molar-refractivity contribution >= 4 is 46.0 Å². The number of para-hydroxylation sites is 2. The molecule has 166 valence electrons. The summed E-state index contributed by atoms with van der Waals surface area (Å²) in [6.45, 7) is 3.94. The zero-order chi connectivity index (χ0) is 21.0. The first-order valence-corrected chi connectivity index (χ1v) is 11.8. The van der Waals surface area contributed by atoms with Crippen LogP contribution in [0.15, 0.2) is 82.5 Å². The van der Waals surface area contributed by atoms with Gasteiger partial charge in [0.05, 0.1) is 22.9 Å². The molecule has 0 atom stereocenters. The fourth-order valence-electron chi connectivity index (χ4n) is 4.43. The summed E-state index contributed by atoms with van der Waals surface area (Å²) in [6.07, 6.45) is 3.69. The highest BCUT2D eigenvalue weighted by atomic mass is 35.5. The van der Waals surface area contributed by atoms with Crippen LogP contribution in [-0.2, 0) is 0 Å². The third-order valence-electron chi connectivity index (χ3n) is 6.17. The summed E-state index contributed by atoms with van der Waals surface area (Å²) >= 11 is 1.73. The SMILES string of the molecule is Cl.O=c1c2ccccc2ncn1C1CCN(CCN(c2ccccc2)c2ccsc2)CC1. The Labute approximate surface area is 198 Å². The van der Waals surface area contributed by atoms with Crippen LogP contribution in [0, 0.1) is 0 Å². The van der Waals surface area contributed by atoms with Crippen molar-refractivity contribution in [1.82, 2.24) is 14.5 Å². The van der Waals surface area contributed by atoms with Gasteiger partial charge in [0.1, 0.15) is 0 Å². The monoisotopic (exact) mass is 466 g/mol. The Hall–Kier alpha value is -2.67. The van der Waals surface area contributed by atoms with Gasteiger partial charge in [0.15, 0.2) is 0 Å². The molecule has 3 heterocycles. The van der Waals surface area contributed by atoms with Crippen molar-refractivity contribution < 1.29 is 0 Å². The van der Waals surface area contributed by atoms with Crippen LogP contribution in [0.2, 0.25) is 0 Å². The first kappa shape index (κ1) is 22.5. The van der Waals surface area contributed by atoms with Crippen molar-refractivity contribution in [2.75, 3.05) is 31.1 Å². The maximum atomic E-state index is 12.9. The van der Waals surface area contributed by atoms with E-state index in [4.69, 9.17) is 0 Å². The highest BCUT2D eigenvalue weighted by Gasteiger charge is 2.22. The van der Waals surface area contributed by atoms with E-state index in [0.717, 1.165) is 44.5 Å². The summed E-state index contributed by atoms with van der Waals surface area (Å²) in [5.74, 6) is 0. The lowest BCUT2D eigenvalue weighted by Gasteiger charge is -2.34. The standard InChI is InChI=1S/C25H26N4OS.ClH/c30-25-23-8-4-5-9-24(23)26-19-29(25)21-10-13-27(14-11-21)15-16-28(22-12-17-31-18-22)20-6-2-1-3-7-20;/h1-9,12,17-19,21H,10-11,13-16H2;1H. The quantitative estimate of drug-likeness (QED) is 0.384. The molecule has 7 heteroatoms. The Balaban J connectivity index is 0.00000245. The summed E-state index contributed by atoms with van der Waals surface area (Å²) in [7, 11) is 0. The number of fused-ring (bicyclic) bond motifs is 1. The van der Waals surface area contributed by atoms with Gasteiger partial charge in [0, 0.05) is 43.3 Å². The zero-order valence-corrected chi connectivity index (χ0v) is 19.5. The van der Waals surface area contributed by atoms with E-state index < -0.39 is 0 Å². The van der Waals surface area contributed by atoms with Crippen molar-refractivity contribution in [1.29, 1.82) is 0 Å². The van der Waals surface area contributed by atoms with Crippen LogP contribution in [0.1, 0.15) is 18.9 Å². The van der Waals surface area contributed by atoms with Gasteiger partial charge in [-0.3, -0.25) is 9.36 Å². The lowest BCUT2D eigenvalue weighted by molar-refractivity contribution is 0.188. The van der Waals surface area contributed by atoms with Crippen LogP contribution in [0.5, 0.6) is 0 Å². The van der Waals surface area contributed by atoms with Gasteiger partial charge in [-0.1, -0.05) is 30.3 Å². The molecule has 1 fully saturated rings. The number of nitrogens with zero attached hydrogens (tertiary/aromatic N) is 4. The Morgan fingerprint density at radius 3 is 2.47 bits per heavy atom. The summed E-state index contributed by atoms with van der Waals surface area (Å²) in [5, 5.41) is 5.05. The van der Waals surface area contributed by atoms with Gasteiger partial charge in [-0.2, -0.15) is 11.3 Å². The molecule has 0 N–H and O–H groups in total. The van der Waals surface area contributed by atoms with Gasteiger partial charge in [-0.05, 0) is 48.6 Å². The molecule has 1 saturated heterocycles. The Morgan fingerprint density at radius 1 is 0.969 bits per heavy atom. The lowest BCUT2D eigenvalue weighted by atomic mass is 10.0. The third-order valence-corrected chi connectivity index (χ3v) is 6.84. The van der Waals surface area contributed by atoms with Crippen LogP contribution in [-0.4, -0.2) is 40.6 Å². The molecular formula is C25H27ClN4OS. The smallest absolute Gasteiger partial charge is 0.261 e. The molecule has 0 bridgehead atoms. The third kappa shape index (κ3) is 4.72. The van der Waals surface area contributed by atoms with Crippen molar-refractivity contribution in [3.8, 4) is 0 Å². The topological polar surface area (TPSA) is 41.4 Å². The molecule has 0 radical (unpaired) electrons. The van der Waals surface area contributed by atoms with Crippen molar-refractivity contribution in [3.05, 3.63) is 88.1 Å². The molecule has 0 saturated carbocycles. The number of thiophene rings is 1. The number of halogens is 1. The zero-order valence-electron chi connectivity index (χ0n) is 17.8. The minimum atomic E-state index is 0. The maximum Gasteiger partial charge on any atom is 0.261 e. The van der Waals surface area contributed by atoms with E-state index in [1.807, 2.05) is 28.8 Å². The van der Waals surface area contributed by atoms with E-state index in [9.17, 15) is 4.79 Å². The van der Waals surface area contributed by atoms with Crippen LogP contribution < -0.4 is 10.5 Å². The van der Waals surface area contributed by atoms with Gasteiger partial charge in [0.2, 0.25) is 0 Å². The molecule has 2 aromatic carbocycles. The van der Waals surface area contributed by atoms with E-state index in [1.54, 1.807) is 17.7 Å². The minimum Gasteiger partial charge on any atom is -0.340 e. The molecule has 5 nitrogen and oxygen atoms in total. The summed E-state index contributed by atoms with van der Waals surface area (Å²) < 4.78 is 1.85. The lowest BCUT2D eigenvalue weighted by Crippen LogP contribution is -2.40. The van der Waals surface area contributed by atoms with E-state index in [-0.39, 0.29) is 24.0 Å². The molecule has 0 aliphatic carbocycles. The van der Waals surface area contributed by atoms with Gasteiger partial charge in [-0.25, -0.2) is 4.98 Å². The summed E-state index contributed by atoms with van der Waals surface area (Å²) in [6, 6.07) is 20.6. The second kappa shape index (κ2) is 10.3. The Morgan fingerprint density at radius 2 is 1.72 bits per heavy atom. The second-order valence-electron chi connectivity index (χ2n) is 8.02. The fourth-order valence-corrected chi connectivity index (χ4v) is 5.07. The van der Waals surface area contributed by atoms with Crippen LogP contribution in [0.25, 0.3) is 10.9 Å². The molecule has 0 unspecified atom stereocenters. The molecule has 32 heavy (non-hydrogen) atoms. The largest absolute Gasteiger partial charge is 0.340 e. The average Bonchev–Trinajstić information content (AvgIpc) is 3.36. The highest BCUT2D eigenvalue weighted by molar-refractivity contribution is 7.08. The van der Waals surface area contributed by atoms with Gasteiger partial charge in [0.25, 0.3) is 5.56 Å². The summed E-state index contributed by atoms with van der Waals surface area (Å²) in [5.41, 5.74) is 3.33. The number of aromatic nitrogens is 2. The molecular weight excluding hydrogens is 440 g/mol. The Kier molecular flexibility index (Phi) is 7.25. The average molecular weight is 467 g/mol. The molecule has 4 aromatic rings. The van der Waals surface area contributed by atoms with Crippen LogP contribution in [0.4, 0.5) is 11.4 Å². The number of piperidine rings is 1. The Bertz CT molecular complexity index is 1190. The van der Waals surface area contributed by atoms with Crippen molar-refractivity contribution in [2.45, 2.75) is 18.9 Å². The highest BCUT2D eigenvalue weighted by Crippen LogP contribution is 2.28. The molecule has 1 aliphatic heterocycles. The molecule has 0 amide bonds. The number of hydrogen-bond donors (Lipinski definition) is 0. The fraction of sp³-hybridized carbons (Fsp3) is 0.280. The van der Waals surface area contributed by atoms with Gasteiger partial charge in [-0.15, -0.1) is 12.4 Å². The predicted molar refractivity (Wildman–Crippen MR) is 136 cm³/mol. The molecule has 1 aliphatic rings. The number of benzene rings is 2. The first-order chi connectivity index (χ1) is 15.3. The van der Waals surface area contributed by atoms with E-state index in [0.29, 0.717) is 5.39 Å². The predicted octanol–water partition coefficient (Wildman–Crippen LogP) is 5.36.